The molecule has 2 unspecified atom stereocenters. The molecule has 0 radical (unpaired) electrons. The Morgan fingerprint density at radius 1 is 1.55 bits per heavy atom. The molecule has 0 fully saturated rings. The van der Waals surface area contributed by atoms with E-state index in [9.17, 15) is 9.90 Å². The summed E-state index contributed by atoms with van der Waals surface area (Å²) in [5.74, 6) is -0.194. The van der Waals surface area contributed by atoms with E-state index in [1.165, 1.54) is 5.56 Å². The summed E-state index contributed by atoms with van der Waals surface area (Å²) in [4.78, 5) is 12.1. The molecule has 4 heteroatoms. The zero-order chi connectivity index (χ0) is 16.0. The van der Waals surface area contributed by atoms with Gasteiger partial charge in [-0.15, -0.1) is 6.58 Å². The monoisotopic (exact) mass is 303 g/mol. The maximum Gasteiger partial charge on any atom is 0.248 e. The standard InChI is InChI=1S/C18H25NO3/c1-3-4-12-22-14(2)17(20)19-13-18(21)11-7-9-15-8-5-6-10-16(15)18/h3,5-6,8,10,14,21H,1,4,7,9,11-13H2,2H3,(H,19,20). The minimum absolute atomic E-state index is 0.194. The van der Waals surface area contributed by atoms with Crippen molar-refractivity contribution in [3.63, 3.8) is 0 Å². The fourth-order valence-electron chi connectivity index (χ4n) is 2.86. The van der Waals surface area contributed by atoms with Gasteiger partial charge in [0.1, 0.15) is 11.7 Å². The third-order valence-corrected chi connectivity index (χ3v) is 4.17. The molecule has 0 saturated heterocycles. The molecular weight excluding hydrogens is 278 g/mol. The number of rotatable bonds is 7. The smallest absolute Gasteiger partial charge is 0.248 e. The minimum atomic E-state index is -0.981. The second-order valence-corrected chi connectivity index (χ2v) is 5.85. The normalized spacial score (nSPS) is 21.7. The Hall–Kier alpha value is -1.65. The number of carbonyl (C=O) groups excluding carboxylic acids is 1. The predicted molar refractivity (Wildman–Crippen MR) is 86.5 cm³/mol. The summed E-state index contributed by atoms with van der Waals surface area (Å²) < 4.78 is 5.42. The first-order valence-electron chi connectivity index (χ1n) is 7.88. The molecule has 0 aliphatic heterocycles. The van der Waals surface area contributed by atoms with Crippen molar-refractivity contribution in [3.05, 3.63) is 48.0 Å². The van der Waals surface area contributed by atoms with Crippen molar-refractivity contribution in [2.24, 2.45) is 0 Å². The first kappa shape index (κ1) is 16.7. The lowest BCUT2D eigenvalue weighted by Crippen LogP contribution is -2.45. The average Bonchev–Trinajstić information content (AvgIpc) is 2.53. The van der Waals surface area contributed by atoms with Crippen molar-refractivity contribution in [1.29, 1.82) is 0 Å². The molecule has 0 saturated carbocycles. The summed E-state index contributed by atoms with van der Waals surface area (Å²) in [5.41, 5.74) is 1.12. The molecule has 2 N–H and O–H groups in total. The van der Waals surface area contributed by atoms with Gasteiger partial charge in [0, 0.05) is 0 Å². The highest BCUT2D eigenvalue weighted by Gasteiger charge is 2.34. The van der Waals surface area contributed by atoms with E-state index in [1.54, 1.807) is 13.0 Å². The number of carbonyl (C=O) groups is 1. The molecule has 0 bridgehead atoms. The summed E-state index contributed by atoms with van der Waals surface area (Å²) in [6.45, 7) is 6.03. The van der Waals surface area contributed by atoms with Crippen molar-refractivity contribution in [2.75, 3.05) is 13.2 Å². The van der Waals surface area contributed by atoms with Crippen LogP contribution in [0, 0.1) is 0 Å². The lowest BCUT2D eigenvalue weighted by atomic mass is 9.79. The lowest BCUT2D eigenvalue weighted by molar-refractivity contribution is -0.133. The van der Waals surface area contributed by atoms with Crippen LogP contribution in [0.5, 0.6) is 0 Å². The molecule has 1 amide bonds. The largest absolute Gasteiger partial charge is 0.383 e. The molecule has 22 heavy (non-hydrogen) atoms. The van der Waals surface area contributed by atoms with Crippen LogP contribution in [-0.4, -0.2) is 30.3 Å². The average molecular weight is 303 g/mol. The quantitative estimate of drug-likeness (QED) is 0.600. The molecule has 1 aliphatic rings. The Kier molecular flexibility index (Phi) is 5.75. The number of hydrogen-bond donors (Lipinski definition) is 2. The predicted octanol–water partition coefficient (Wildman–Crippen LogP) is 2.31. The van der Waals surface area contributed by atoms with Crippen molar-refractivity contribution < 1.29 is 14.6 Å². The summed E-state index contributed by atoms with van der Waals surface area (Å²) in [6, 6.07) is 7.91. The fourth-order valence-corrected chi connectivity index (χ4v) is 2.86. The number of fused-ring (bicyclic) bond motifs is 1. The van der Waals surface area contributed by atoms with Gasteiger partial charge in [0.25, 0.3) is 0 Å². The van der Waals surface area contributed by atoms with Gasteiger partial charge in [-0.3, -0.25) is 4.79 Å². The Bertz CT molecular complexity index is 529. The fraction of sp³-hybridized carbons (Fsp3) is 0.500. The van der Waals surface area contributed by atoms with E-state index in [4.69, 9.17) is 4.74 Å². The molecule has 4 nitrogen and oxygen atoms in total. The van der Waals surface area contributed by atoms with Crippen molar-refractivity contribution in [2.45, 2.75) is 44.3 Å². The van der Waals surface area contributed by atoms with Gasteiger partial charge < -0.3 is 15.2 Å². The van der Waals surface area contributed by atoms with Crippen LogP contribution in [0.25, 0.3) is 0 Å². The van der Waals surface area contributed by atoms with Gasteiger partial charge in [-0.25, -0.2) is 0 Å². The molecule has 1 aromatic carbocycles. The van der Waals surface area contributed by atoms with Gasteiger partial charge in [-0.05, 0) is 43.7 Å². The molecular formula is C18H25NO3. The van der Waals surface area contributed by atoms with E-state index in [2.05, 4.69) is 11.9 Å². The van der Waals surface area contributed by atoms with E-state index in [1.807, 2.05) is 24.3 Å². The van der Waals surface area contributed by atoms with Crippen molar-refractivity contribution in [1.82, 2.24) is 5.32 Å². The van der Waals surface area contributed by atoms with E-state index < -0.39 is 11.7 Å². The highest BCUT2D eigenvalue weighted by molar-refractivity contribution is 5.80. The van der Waals surface area contributed by atoms with Gasteiger partial charge in [0.05, 0.1) is 13.2 Å². The Morgan fingerprint density at radius 3 is 3.09 bits per heavy atom. The minimum Gasteiger partial charge on any atom is -0.383 e. The summed E-state index contributed by atoms with van der Waals surface area (Å²) >= 11 is 0. The maximum atomic E-state index is 12.1. The van der Waals surface area contributed by atoms with Crippen LogP contribution < -0.4 is 5.32 Å². The van der Waals surface area contributed by atoms with Crippen LogP contribution in [-0.2, 0) is 21.6 Å². The van der Waals surface area contributed by atoms with Crippen molar-refractivity contribution >= 4 is 5.91 Å². The second kappa shape index (κ2) is 7.56. The molecule has 1 aromatic rings. The Balaban J connectivity index is 1.93. The third-order valence-electron chi connectivity index (χ3n) is 4.17. The number of aryl methyl sites for hydroxylation is 1. The van der Waals surface area contributed by atoms with Crippen LogP contribution in [0.2, 0.25) is 0 Å². The van der Waals surface area contributed by atoms with E-state index in [-0.39, 0.29) is 12.5 Å². The molecule has 0 spiro atoms. The molecule has 2 atom stereocenters. The zero-order valence-electron chi connectivity index (χ0n) is 13.2. The van der Waals surface area contributed by atoms with Gasteiger partial charge in [-0.1, -0.05) is 30.3 Å². The first-order chi connectivity index (χ1) is 10.6. The SMILES string of the molecule is C=CCCOC(C)C(=O)NCC1(O)CCCc2ccccc21. The molecule has 1 aliphatic carbocycles. The highest BCUT2D eigenvalue weighted by Crippen LogP contribution is 2.34. The number of amides is 1. The molecule has 2 rings (SSSR count). The lowest BCUT2D eigenvalue weighted by Gasteiger charge is -2.35. The van der Waals surface area contributed by atoms with Crippen molar-refractivity contribution in [3.8, 4) is 0 Å². The third kappa shape index (κ3) is 3.96. The maximum absolute atomic E-state index is 12.1. The van der Waals surface area contributed by atoms with E-state index in [0.717, 1.165) is 24.8 Å². The van der Waals surface area contributed by atoms with E-state index in [0.29, 0.717) is 13.0 Å². The summed E-state index contributed by atoms with van der Waals surface area (Å²) in [7, 11) is 0. The highest BCUT2D eigenvalue weighted by atomic mass is 16.5. The van der Waals surface area contributed by atoms with Gasteiger partial charge in [0.15, 0.2) is 0 Å². The van der Waals surface area contributed by atoms with Gasteiger partial charge in [0.2, 0.25) is 5.91 Å². The number of nitrogens with one attached hydrogen (secondary N) is 1. The van der Waals surface area contributed by atoms with Crippen LogP contribution >= 0.6 is 0 Å². The molecule has 0 heterocycles. The Labute approximate surface area is 132 Å². The van der Waals surface area contributed by atoms with Crippen LogP contribution in [0.4, 0.5) is 0 Å². The number of aliphatic hydroxyl groups is 1. The number of hydrogen-bond acceptors (Lipinski definition) is 3. The van der Waals surface area contributed by atoms with Gasteiger partial charge >= 0.3 is 0 Å². The molecule has 0 aromatic heterocycles. The summed E-state index contributed by atoms with van der Waals surface area (Å²) in [5, 5.41) is 13.7. The zero-order valence-corrected chi connectivity index (χ0v) is 13.2. The molecule has 120 valence electrons. The second-order valence-electron chi connectivity index (χ2n) is 5.85. The van der Waals surface area contributed by atoms with Gasteiger partial charge in [-0.2, -0.15) is 0 Å². The Morgan fingerprint density at radius 2 is 2.32 bits per heavy atom. The topological polar surface area (TPSA) is 58.6 Å². The van der Waals surface area contributed by atoms with Crippen LogP contribution in [0.3, 0.4) is 0 Å². The summed E-state index contributed by atoms with van der Waals surface area (Å²) in [6.07, 6.45) is 4.52. The van der Waals surface area contributed by atoms with Crippen LogP contribution in [0.1, 0.15) is 37.3 Å². The number of ether oxygens (including phenoxy) is 1. The number of benzene rings is 1. The van der Waals surface area contributed by atoms with E-state index >= 15 is 0 Å². The van der Waals surface area contributed by atoms with Crippen LogP contribution in [0.15, 0.2) is 36.9 Å². The first-order valence-corrected chi connectivity index (χ1v) is 7.88.